The van der Waals surface area contributed by atoms with Gasteiger partial charge in [-0.1, -0.05) is 30.3 Å². The van der Waals surface area contributed by atoms with E-state index in [1.54, 1.807) is 7.11 Å². The molecule has 2 saturated heterocycles. The maximum Gasteiger partial charge on any atom is 0.256 e. The quantitative estimate of drug-likeness (QED) is 0.912. The van der Waals surface area contributed by atoms with Gasteiger partial charge in [-0.15, -0.1) is 0 Å². The summed E-state index contributed by atoms with van der Waals surface area (Å²) in [5.74, 6) is 0.0908. The molecule has 1 aromatic carbocycles. The molecule has 1 aromatic rings. The van der Waals surface area contributed by atoms with Gasteiger partial charge in [-0.3, -0.25) is 4.79 Å². The number of fused-ring (bicyclic) bond motifs is 2. The first-order chi connectivity index (χ1) is 9.78. The lowest BCUT2D eigenvalue weighted by Gasteiger charge is -2.28. The normalized spacial score (nSPS) is 27.1. The third-order valence-electron chi connectivity index (χ3n) is 4.40. The van der Waals surface area contributed by atoms with E-state index in [4.69, 9.17) is 4.74 Å². The maximum absolute atomic E-state index is 12.7. The molecular formula is C16H22N2O2. The van der Waals surface area contributed by atoms with Gasteiger partial charge in [0.25, 0.3) is 5.91 Å². The van der Waals surface area contributed by atoms with Gasteiger partial charge in [-0.25, -0.2) is 0 Å². The van der Waals surface area contributed by atoms with Crippen LogP contribution in [0.5, 0.6) is 0 Å². The number of carbonyl (C=O) groups excluding carboxylic acids is 1. The number of carbonyl (C=O) groups is 1. The highest BCUT2D eigenvalue weighted by molar-refractivity contribution is 5.82. The van der Waals surface area contributed by atoms with Crippen LogP contribution in [-0.4, -0.2) is 43.1 Å². The fraction of sp³-hybridized carbons (Fsp3) is 0.562. The van der Waals surface area contributed by atoms with Gasteiger partial charge in [0.1, 0.15) is 0 Å². The van der Waals surface area contributed by atoms with E-state index in [1.165, 1.54) is 12.8 Å². The molecule has 2 heterocycles. The summed E-state index contributed by atoms with van der Waals surface area (Å²) in [6, 6.07) is 10.8. The molecule has 20 heavy (non-hydrogen) atoms. The van der Waals surface area contributed by atoms with Gasteiger partial charge >= 0.3 is 0 Å². The summed E-state index contributed by atoms with van der Waals surface area (Å²) >= 11 is 0. The number of nitrogens with zero attached hydrogens (tertiary/aromatic N) is 1. The Kier molecular flexibility index (Phi) is 4.03. The molecule has 0 aliphatic carbocycles. The molecule has 4 nitrogen and oxygen atoms in total. The predicted molar refractivity (Wildman–Crippen MR) is 77.3 cm³/mol. The van der Waals surface area contributed by atoms with E-state index in [2.05, 4.69) is 5.32 Å². The molecule has 2 fully saturated rings. The van der Waals surface area contributed by atoms with Crippen LogP contribution in [0.2, 0.25) is 0 Å². The zero-order valence-corrected chi connectivity index (χ0v) is 11.9. The highest BCUT2D eigenvalue weighted by atomic mass is 16.5. The molecule has 3 rings (SSSR count). The molecule has 1 N–H and O–H groups in total. The minimum atomic E-state index is -0.479. The monoisotopic (exact) mass is 274 g/mol. The van der Waals surface area contributed by atoms with Gasteiger partial charge in [-0.2, -0.15) is 0 Å². The summed E-state index contributed by atoms with van der Waals surface area (Å²) in [5, 5.41) is 3.60. The molecule has 0 aromatic heterocycles. The van der Waals surface area contributed by atoms with Crippen LogP contribution in [0.3, 0.4) is 0 Å². The van der Waals surface area contributed by atoms with Crippen molar-refractivity contribution in [2.24, 2.45) is 0 Å². The molecule has 0 radical (unpaired) electrons. The third kappa shape index (κ3) is 2.72. The molecule has 0 spiro atoms. The maximum atomic E-state index is 12.7. The number of nitrogens with one attached hydrogen (secondary N) is 1. The van der Waals surface area contributed by atoms with Crippen molar-refractivity contribution in [2.75, 3.05) is 20.2 Å². The van der Waals surface area contributed by atoms with Crippen LogP contribution in [0, 0.1) is 0 Å². The lowest BCUT2D eigenvalue weighted by molar-refractivity contribution is -0.142. The number of amides is 1. The first-order valence-corrected chi connectivity index (χ1v) is 7.40. The Labute approximate surface area is 120 Å². The molecule has 4 heteroatoms. The standard InChI is InChI=1S/C16H22N2O2/c1-20-15(12-5-3-2-4-6-12)16(19)18-10-9-13-7-8-14(11-18)17-13/h2-6,13-15,17H,7-11H2,1H3. The van der Waals surface area contributed by atoms with E-state index in [9.17, 15) is 4.79 Å². The number of hydrogen-bond acceptors (Lipinski definition) is 3. The average molecular weight is 274 g/mol. The van der Waals surface area contributed by atoms with Gasteiger partial charge in [0, 0.05) is 32.3 Å². The van der Waals surface area contributed by atoms with E-state index >= 15 is 0 Å². The SMILES string of the molecule is COC(C(=O)N1CCC2CCC(C1)N2)c1ccccc1. The average Bonchev–Trinajstić information content (AvgIpc) is 2.80. The molecule has 0 saturated carbocycles. The fourth-order valence-corrected chi connectivity index (χ4v) is 3.32. The highest BCUT2D eigenvalue weighted by Gasteiger charge is 2.34. The van der Waals surface area contributed by atoms with Crippen molar-refractivity contribution in [1.82, 2.24) is 10.2 Å². The molecule has 2 aliphatic heterocycles. The van der Waals surface area contributed by atoms with Crippen LogP contribution < -0.4 is 5.32 Å². The zero-order chi connectivity index (χ0) is 13.9. The van der Waals surface area contributed by atoms with Crippen LogP contribution in [-0.2, 0) is 9.53 Å². The number of benzene rings is 1. The Hall–Kier alpha value is -1.39. The summed E-state index contributed by atoms with van der Waals surface area (Å²) in [6.45, 7) is 1.64. The molecular weight excluding hydrogens is 252 g/mol. The topological polar surface area (TPSA) is 41.6 Å². The molecule has 2 aliphatic rings. The number of hydrogen-bond donors (Lipinski definition) is 1. The minimum absolute atomic E-state index is 0.0908. The molecule has 3 unspecified atom stereocenters. The fourth-order valence-electron chi connectivity index (χ4n) is 3.32. The Morgan fingerprint density at radius 2 is 2.00 bits per heavy atom. The lowest BCUT2D eigenvalue weighted by atomic mass is 10.1. The molecule has 1 amide bonds. The summed E-state index contributed by atoms with van der Waals surface area (Å²) < 4.78 is 5.46. The van der Waals surface area contributed by atoms with Crippen molar-refractivity contribution >= 4 is 5.91 Å². The highest BCUT2D eigenvalue weighted by Crippen LogP contribution is 2.24. The molecule has 2 bridgehead atoms. The van der Waals surface area contributed by atoms with Crippen molar-refractivity contribution in [3.05, 3.63) is 35.9 Å². The number of rotatable bonds is 3. The smallest absolute Gasteiger partial charge is 0.256 e. The zero-order valence-electron chi connectivity index (χ0n) is 11.9. The van der Waals surface area contributed by atoms with Crippen molar-refractivity contribution in [2.45, 2.75) is 37.5 Å². The lowest BCUT2D eigenvalue weighted by Crippen LogP contribution is -2.41. The van der Waals surface area contributed by atoms with E-state index in [1.807, 2.05) is 35.2 Å². The van der Waals surface area contributed by atoms with Crippen LogP contribution in [0.25, 0.3) is 0 Å². The van der Waals surface area contributed by atoms with E-state index in [0.29, 0.717) is 12.1 Å². The van der Waals surface area contributed by atoms with Crippen molar-refractivity contribution in [1.29, 1.82) is 0 Å². The summed E-state index contributed by atoms with van der Waals surface area (Å²) in [6.07, 6.45) is 3.00. The number of likely N-dealkylation sites (tertiary alicyclic amines) is 1. The van der Waals surface area contributed by atoms with Crippen molar-refractivity contribution in [3.63, 3.8) is 0 Å². The van der Waals surface area contributed by atoms with Crippen LogP contribution in [0.4, 0.5) is 0 Å². The Morgan fingerprint density at radius 1 is 1.25 bits per heavy atom. The van der Waals surface area contributed by atoms with Crippen LogP contribution in [0.15, 0.2) is 30.3 Å². The van der Waals surface area contributed by atoms with Gasteiger partial charge in [0.2, 0.25) is 0 Å². The van der Waals surface area contributed by atoms with E-state index in [-0.39, 0.29) is 5.91 Å². The largest absolute Gasteiger partial charge is 0.367 e. The first kappa shape index (κ1) is 13.6. The first-order valence-electron chi connectivity index (χ1n) is 7.40. The van der Waals surface area contributed by atoms with E-state index in [0.717, 1.165) is 25.1 Å². The third-order valence-corrected chi connectivity index (χ3v) is 4.40. The second-order valence-corrected chi connectivity index (χ2v) is 5.74. The number of methoxy groups -OCH3 is 1. The van der Waals surface area contributed by atoms with Crippen LogP contribution in [0.1, 0.15) is 30.9 Å². The predicted octanol–water partition coefficient (Wildman–Crippen LogP) is 1.73. The van der Waals surface area contributed by atoms with Crippen molar-refractivity contribution in [3.8, 4) is 0 Å². The Morgan fingerprint density at radius 3 is 2.75 bits per heavy atom. The minimum Gasteiger partial charge on any atom is -0.367 e. The van der Waals surface area contributed by atoms with Gasteiger partial charge in [0.15, 0.2) is 6.10 Å². The molecule has 3 atom stereocenters. The Balaban J connectivity index is 1.73. The molecule has 108 valence electrons. The number of ether oxygens (including phenoxy) is 1. The van der Waals surface area contributed by atoms with Gasteiger partial charge in [0.05, 0.1) is 0 Å². The second-order valence-electron chi connectivity index (χ2n) is 5.74. The van der Waals surface area contributed by atoms with Crippen molar-refractivity contribution < 1.29 is 9.53 Å². The second kappa shape index (κ2) is 5.94. The Bertz CT molecular complexity index is 463. The van der Waals surface area contributed by atoms with Gasteiger partial charge in [-0.05, 0) is 24.8 Å². The van der Waals surface area contributed by atoms with Crippen LogP contribution >= 0.6 is 0 Å². The summed E-state index contributed by atoms with van der Waals surface area (Å²) in [5.41, 5.74) is 0.933. The summed E-state index contributed by atoms with van der Waals surface area (Å²) in [7, 11) is 1.61. The van der Waals surface area contributed by atoms with Gasteiger partial charge < -0.3 is 15.0 Å². The summed E-state index contributed by atoms with van der Waals surface area (Å²) in [4.78, 5) is 14.7. The van der Waals surface area contributed by atoms with E-state index < -0.39 is 6.10 Å².